The van der Waals surface area contributed by atoms with Crippen molar-refractivity contribution in [2.45, 2.75) is 59.7 Å². The fraction of sp³-hybridized carbons (Fsp3) is 0.526. The first-order chi connectivity index (χ1) is 12.0. The number of aryl methyl sites for hydroxylation is 4. The predicted molar refractivity (Wildman–Crippen MR) is 97.6 cm³/mol. The van der Waals surface area contributed by atoms with Crippen LogP contribution in [-0.2, 0) is 13.1 Å². The second kappa shape index (κ2) is 6.26. The minimum absolute atomic E-state index is 0.526. The molecule has 1 aliphatic rings. The number of rotatable bonds is 4. The van der Waals surface area contributed by atoms with Crippen LogP contribution in [0.15, 0.2) is 18.3 Å². The summed E-state index contributed by atoms with van der Waals surface area (Å²) in [5, 5.41) is 4.63. The summed E-state index contributed by atoms with van der Waals surface area (Å²) in [6.45, 7) is 11.3. The van der Waals surface area contributed by atoms with Gasteiger partial charge < -0.3 is 0 Å². The topological polar surface area (TPSA) is 51.2 Å². The van der Waals surface area contributed by atoms with Crippen molar-refractivity contribution < 1.29 is 0 Å². The van der Waals surface area contributed by atoms with Crippen molar-refractivity contribution in [1.82, 2.24) is 29.0 Å². The Bertz CT molecular complexity index is 906. The van der Waals surface area contributed by atoms with Crippen LogP contribution in [0.4, 0.5) is 0 Å². The smallest absolute Gasteiger partial charge is 0.234 e. The van der Waals surface area contributed by atoms with E-state index < -0.39 is 0 Å². The third-order valence-corrected chi connectivity index (χ3v) is 5.16. The molecular weight excluding hydrogens is 312 g/mol. The van der Waals surface area contributed by atoms with Gasteiger partial charge in [0.05, 0.1) is 17.9 Å². The SMILES string of the molecule is Cc1cc(C)n2cc(CN3CCC[C@H]3Cn3nc(C)cc3C)nc2n1. The molecule has 1 atom stereocenters. The average molecular weight is 338 g/mol. The van der Waals surface area contributed by atoms with Gasteiger partial charge in [0.2, 0.25) is 5.78 Å². The molecule has 132 valence electrons. The molecule has 0 saturated carbocycles. The zero-order chi connectivity index (χ0) is 17.6. The number of likely N-dealkylation sites (tertiary alicyclic amines) is 1. The first-order valence-electron chi connectivity index (χ1n) is 9.07. The van der Waals surface area contributed by atoms with Gasteiger partial charge in [-0.15, -0.1) is 0 Å². The molecule has 0 amide bonds. The molecule has 0 radical (unpaired) electrons. The van der Waals surface area contributed by atoms with Crippen LogP contribution in [0.5, 0.6) is 0 Å². The summed E-state index contributed by atoms with van der Waals surface area (Å²) >= 11 is 0. The number of hydrogen-bond acceptors (Lipinski definition) is 4. The van der Waals surface area contributed by atoms with Crippen molar-refractivity contribution in [2.75, 3.05) is 6.54 Å². The highest BCUT2D eigenvalue weighted by Crippen LogP contribution is 2.22. The van der Waals surface area contributed by atoms with E-state index in [1.54, 1.807) is 0 Å². The van der Waals surface area contributed by atoms with Gasteiger partial charge in [-0.2, -0.15) is 5.10 Å². The zero-order valence-electron chi connectivity index (χ0n) is 15.5. The van der Waals surface area contributed by atoms with E-state index in [-0.39, 0.29) is 0 Å². The van der Waals surface area contributed by atoms with Crippen LogP contribution in [0, 0.1) is 27.7 Å². The van der Waals surface area contributed by atoms with Crippen molar-refractivity contribution in [3.63, 3.8) is 0 Å². The van der Waals surface area contributed by atoms with Gasteiger partial charge in [0.1, 0.15) is 0 Å². The highest BCUT2D eigenvalue weighted by molar-refractivity contribution is 5.34. The van der Waals surface area contributed by atoms with Gasteiger partial charge in [-0.1, -0.05) is 0 Å². The first-order valence-corrected chi connectivity index (χ1v) is 9.07. The normalized spacial score (nSPS) is 18.5. The fourth-order valence-corrected chi connectivity index (χ4v) is 3.97. The largest absolute Gasteiger partial charge is 0.293 e. The van der Waals surface area contributed by atoms with Crippen molar-refractivity contribution in [3.05, 3.63) is 46.8 Å². The molecule has 3 aromatic rings. The van der Waals surface area contributed by atoms with E-state index >= 15 is 0 Å². The van der Waals surface area contributed by atoms with Crippen molar-refractivity contribution in [1.29, 1.82) is 0 Å². The van der Waals surface area contributed by atoms with Gasteiger partial charge in [-0.3, -0.25) is 14.0 Å². The minimum Gasteiger partial charge on any atom is -0.293 e. The van der Waals surface area contributed by atoms with E-state index in [1.807, 2.05) is 6.92 Å². The van der Waals surface area contributed by atoms with E-state index in [4.69, 9.17) is 4.98 Å². The van der Waals surface area contributed by atoms with Gasteiger partial charge in [-0.25, -0.2) is 9.97 Å². The maximum absolute atomic E-state index is 4.75. The quantitative estimate of drug-likeness (QED) is 0.734. The molecule has 3 aromatic heterocycles. The molecule has 6 nitrogen and oxygen atoms in total. The Kier molecular flexibility index (Phi) is 4.07. The number of nitrogens with zero attached hydrogens (tertiary/aromatic N) is 6. The lowest BCUT2D eigenvalue weighted by molar-refractivity contribution is 0.216. The zero-order valence-corrected chi connectivity index (χ0v) is 15.5. The lowest BCUT2D eigenvalue weighted by Crippen LogP contribution is -2.33. The van der Waals surface area contributed by atoms with Crippen LogP contribution in [-0.4, -0.2) is 41.6 Å². The Morgan fingerprint density at radius 2 is 1.84 bits per heavy atom. The van der Waals surface area contributed by atoms with Crippen LogP contribution >= 0.6 is 0 Å². The Labute approximate surface area is 148 Å². The maximum atomic E-state index is 4.75. The summed E-state index contributed by atoms with van der Waals surface area (Å²) in [5.41, 5.74) is 5.64. The number of aromatic nitrogens is 5. The molecule has 1 aliphatic heterocycles. The molecule has 25 heavy (non-hydrogen) atoms. The van der Waals surface area contributed by atoms with E-state index in [2.05, 4.69) is 63.2 Å². The Morgan fingerprint density at radius 1 is 1.04 bits per heavy atom. The number of hydrogen-bond donors (Lipinski definition) is 0. The lowest BCUT2D eigenvalue weighted by atomic mass is 10.2. The average Bonchev–Trinajstić information content (AvgIpc) is 3.21. The second-order valence-corrected chi connectivity index (χ2v) is 7.32. The Balaban J connectivity index is 1.53. The molecule has 0 unspecified atom stereocenters. The Morgan fingerprint density at radius 3 is 2.60 bits per heavy atom. The minimum atomic E-state index is 0.526. The predicted octanol–water partition coefficient (Wildman–Crippen LogP) is 2.82. The molecule has 0 spiro atoms. The summed E-state index contributed by atoms with van der Waals surface area (Å²) < 4.78 is 4.24. The van der Waals surface area contributed by atoms with E-state index in [0.29, 0.717) is 6.04 Å². The molecule has 4 heterocycles. The third-order valence-electron chi connectivity index (χ3n) is 5.16. The number of fused-ring (bicyclic) bond motifs is 1. The standard InChI is InChI=1S/C19H26N6/c1-13-8-15(3)24-11-17(21-19(24)20-13)10-23-7-5-6-18(23)12-25-16(4)9-14(2)22-25/h8-9,11,18H,5-7,10,12H2,1-4H3/t18-/m0/s1. The van der Waals surface area contributed by atoms with Crippen LogP contribution in [0.25, 0.3) is 5.78 Å². The second-order valence-electron chi connectivity index (χ2n) is 7.32. The van der Waals surface area contributed by atoms with Gasteiger partial charge in [0.25, 0.3) is 0 Å². The molecule has 1 fully saturated rings. The molecule has 6 heteroatoms. The summed E-state index contributed by atoms with van der Waals surface area (Å²) in [7, 11) is 0. The summed E-state index contributed by atoms with van der Waals surface area (Å²) in [6.07, 6.45) is 4.60. The van der Waals surface area contributed by atoms with Crippen LogP contribution < -0.4 is 0 Å². The van der Waals surface area contributed by atoms with Crippen LogP contribution in [0.3, 0.4) is 0 Å². The van der Waals surface area contributed by atoms with Crippen molar-refractivity contribution in [3.8, 4) is 0 Å². The Hall–Kier alpha value is -2.21. The van der Waals surface area contributed by atoms with Gasteiger partial charge in [-0.05, 0) is 59.2 Å². The molecule has 0 aliphatic carbocycles. The molecular formula is C19H26N6. The van der Waals surface area contributed by atoms with E-state index in [0.717, 1.165) is 42.5 Å². The molecule has 0 N–H and O–H groups in total. The highest BCUT2D eigenvalue weighted by Gasteiger charge is 2.26. The molecule has 0 aromatic carbocycles. The van der Waals surface area contributed by atoms with Gasteiger partial charge in [0.15, 0.2) is 0 Å². The van der Waals surface area contributed by atoms with E-state index in [9.17, 15) is 0 Å². The molecule has 0 bridgehead atoms. The highest BCUT2D eigenvalue weighted by atomic mass is 15.3. The fourth-order valence-electron chi connectivity index (χ4n) is 3.97. The molecule has 4 rings (SSSR count). The van der Waals surface area contributed by atoms with Gasteiger partial charge >= 0.3 is 0 Å². The lowest BCUT2D eigenvalue weighted by Gasteiger charge is -2.24. The van der Waals surface area contributed by atoms with Crippen LogP contribution in [0.2, 0.25) is 0 Å². The first kappa shape index (κ1) is 16.3. The third kappa shape index (κ3) is 3.18. The summed E-state index contributed by atoms with van der Waals surface area (Å²) in [6, 6.07) is 4.77. The van der Waals surface area contributed by atoms with Gasteiger partial charge in [0, 0.05) is 35.9 Å². The van der Waals surface area contributed by atoms with Crippen molar-refractivity contribution >= 4 is 5.78 Å². The number of imidazole rings is 1. The monoisotopic (exact) mass is 338 g/mol. The summed E-state index contributed by atoms with van der Waals surface area (Å²) in [5.74, 6) is 0.807. The summed E-state index contributed by atoms with van der Waals surface area (Å²) in [4.78, 5) is 11.8. The maximum Gasteiger partial charge on any atom is 0.234 e. The van der Waals surface area contributed by atoms with Crippen molar-refractivity contribution in [2.24, 2.45) is 0 Å². The molecule has 1 saturated heterocycles. The van der Waals surface area contributed by atoms with E-state index in [1.165, 1.54) is 24.2 Å². The van der Waals surface area contributed by atoms with Crippen LogP contribution in [0.1, 0.15) is 41.3 Å².